The maximum absolute atomic E-state index is 11.6. The molecule has 5 heteroatoms. The average molecular weight is 280 g/mol. The Morgan fingerprint density at radius 3 is 2.50 bits per heavy atom. The second-order valence-corrected chi connectivity index (χ2v) is 5.30. The predicted octanol–water partition coefficient (Wildman–Crippen LogP) is 1.28. The van der Waals surface area contributed by atoms with Crippen LogP contribution in [-0.4, -0.2) is 48.8 Å². The summed E-state index contributed by atoms with van der Waals surface area (Å²) in [5.41, 5.74) is 5.30. The minimum atomic E-state index is -1.41. The summed E-state index contributed by atoms with van der Waals surface area (Å²) < 4.78 is 5.46. The molecule has 1 unspecified atom stereocenters. The zero-order valence-corrected chi connectivity index (χ0v) is 12.4. The second kappa shape index (κ2) is 7.38. The van der Waals surface area contributed by atoms with Crippen LogP contribution in [0.4, 0.5) is 0 Å². The van der Waals surface area contributed by atoms with Crippen LogP contribution >= 0.6 is 0 Å². The van der Waals surface area contributed by atoms with Gasteiger partial charge in [-0.1, -0.05) is 30.3 Å². The van der Waals surface area contributed by atoms with Gasteiger partial charge in [-0.25, -0.2) is 4.79 Å². The van der Waals surface area contributed by atoms with Crippen LogP contribution in [0.1, 0.15) is 19.4 Å². The number of hydrogen-bond acceptors (Lipinski definition) is 4. The first-order valence-electron chi connectivity index (χ1n) is 6.74. The Balaban J connectivity index is 2.70. The van der Waals surface area contributed by atoms with E-state index in [-0.39, 0.29) is 12.6 Å². The second-order valence-electron chi connectivity index (χ2n) is 5.30. The highest BCUT2D eigenvalue weighted by Crippen LogP contribution is 2.19. The Kier molecular flexibility index (Phi) is 6.13. The molecule has 0 aliphatic heterocycles. The van der Waals surface area contributed by atoms with Crippen LogP contribution in [0.3, 0.4) is 0 Å². The molecule has 0 amide bonds. The molecule has 1 aromatic carbocycles. The molecule has 3 N–H and O–H groups in total. The third kappa shape index (κ3) is 4.59. The van der Waals surface area contributed by atoms with Crippen molar-refractivity contribution < 1.29 is 14.6 Å². The SMILES string of the molecule is CC(C)OCCN(C)CC(N)(C(=O)O)c1ccccc1. The highest BCUT2D eigenvalue weighted by Gasteiger charge is 2.37. The van der Waals surface area contributed by atoms with E-state index >= 15 is 0 Å². The van der Waals surface area contributed by atoms with Gasteiger partial charge in [0, 0.05) is 13.1 Å². The van der Waals surface area contributed by atoms with E-state index in [1.165, 1.54) is 0 Å². The maximum Gasteiger partial charge on any atom is 0.329 e. The molecule has 5 nitrogen and oxygen atoms in total. The van der Waals surface area contributed by atoms with E-state index in [9.17, 15) is 9.90 Å². The van der Waals surface area contributed by atoms with Gasteiger partial charge in [0.1, 0.15) is 0 Å². The Hall–Kier alpha value is -1.43. The number of ether oxygens (including phenoxy) is 1. The summed E-state index contributed by atoms with van der Waals surface area (Å²) in [4.78, 5) is 13.4. The lowest BCUT2D eigenvalue weighted by Gasteiger charge is -2.30. The number of likely N-dealkylation sites (N-methyl/N-ethyl adjacent to an activating group) is 1. The molecule has 0 aromatic heterocycles. The molecule has 0 heterocycles. The molecule has 0 saturated heterocycles. The Morgan fingerprint density at radius 2 is 2.00 bits per heavy atom. The lowest BCUT2D eigenvalue weighted by Crippen LogP contribution is -2.53. The van der Waals surface area contributed by atoms with E-state index in [0.29, 0.717) is 18.7 Å². The molecule has 0 fully saturated rings. The van der Waals surface area contributed by atoms with E-state index < -0.39 is 11.5 Å². The zero-order chi connectivity index (χ0) is 15.2. The van der Waals surface area contributed by atoms with Crippen molar-refractivity contribution in [3.05, 3.63) is 35.9 Å². The van der Waals surface area contributed by atoms with Crippen LogP contribution in [0.15, 0.2) is 30.3 Å². The van der Waals surface area contributed by atoms with E-state index in [0.717, 1.165) is 0 Å². The van der Waals surface area contributed by atoms with E-state index in [2.05, 4.69) is 0 Å². The summed E-state index contributed by atoms with van der Waals surface area (Å²) in [7, 11) is 1.84. The van der Waals surface area contributed by atoms with Crippen molar-refractivity contribution >= 4 is 5.97 Å². The molecule has 0 radical (unpaired) electrons. The van der Waals surface area contributed by atoms with Crippen molar-refractivity contribution in [3.63, 3.8) is 0 Å². The summed E-state index contributed by atoms with van der Waals surface area (Å²) in [5.74, 6) is -1.03. The standard InChI is InChI=1S/C15H24N2O3/c1-12(2)20-10-9-17(3)11-15(16,14(18)19)13-7-5-4-6-8-13/h4-8,12H,9-11,16H2,1-3H3,(H,18,19). The van der Waals surface area contributed by atoms with Crippen LogP contribution in [0.2, 0.25) is 0 Å². The van der Waals surface area contributed by atoms with E-state index in [4.69, 9.17) is 10.5 Å². The van der Waals surface area contributed by atoms with Gasteiger partial charge in [-0.15, -0.1) is 0 Å². The van der Waals surface area contributed by atoms with Crippen molar-refractivity contribution in [2.75, 3.05) is 26.7 Å². The van der Waals surface area contributed by atoms with E-state index in [1.54, 1.807) is 24.3 Å². The number of carboxylic acids is 1. The monoisotopic (exact) mass is 280 g/mol. The fourth-order valence-electron chi connectivity index (χ4n) is 1.97. The molecule has 112 valence electrons. The van der Waals surface area contributed by atoms with Gasteiger partial charge in [0.05, 0.1) is 12.7 Å². The van der Waals surface area contributed by atoms with Crippen molar-refractivity contribution in [2.24, 2.45) is 5.73 Å². The number of carboxylic acid groups (broad SMARTS) is 1. The number of benzene rings is 1. The Bertz CT molecular complexity index is 422. The van der Waals surface area contributed by atoms with Crippen molar-refractivity contribution in [1.29, 1.82) is 0 Å². The molecule has 0 bridgehead atoms. The Morgan fingerprint density at radius 1 is 1.40 bits per heavy atom. The molecule has 0 aliphatic rings. The van der Waals surface area contributed by atoms with Gasteiger partial charge in [0.15, 0.2) is 5.54 Å². The molecule has 1 atom stereocenters. The van der Waals surface area contributed by atoms with E-state index in [1.807, 2.05) is 31.9 Å². The highest BCUT2D eigenvalue weighted by atomic mass is 16.5. The van der Waals surface area contributed by atoms with Gasteiger partial charge in [0.2, 0.25) is 0 Å². The first kappa shape index (κ1) is 16.6. The number of nitrogens with zero attached hydrogens (tertiary/aromatic N) is 1. The van der Waals surface area contributed by atoms with Gasteiger partial charge in [-0.3, -0.25) is 0 Å². The number of carbonyl (C=O) groups is 1. The lowest BCUT2D eigenvalue weighted by atomic mass is 9.90. The largest absolute Gasteiger partial charge is 0.480 e. The number of hydrogen-bond donors (Lipinski definition) is 2. The molecule has 1 rings (SSSR count). The fourth-order valence-corrected chi connectivity index (χ4v) is 1.97. The van der Waals surface area contributed by atoms with Crippen LogP contribution in [0, 0.1) is 0 Å². The minimum Gasteiger partial charge on any atom is -0.480 e. The summed E-state index contributed by atoms with van der Waals surface area (Å²) in [6.45, 7) is 5.35. The van der Waals surface area contributed by atoms with Crippen LogP contribution in [0.5, 0.6) is 0 Å². The number of rotatable bonds is 8. The lowest BCUT2D eigenvalue weighted by molar-refractivity contribution is -0.144. The number of aliphatic carboxylic acids is 1. The average Bonchev–Trinajstić information content (AvgIpc) is 2.38. The smallest absolute Gasteiger partial charge is 0.329 e. The van der Waals surface area contributed by atoms with Gasteiger partial charge in [0.25, 0.3) is 0 Å². The third-order valence-corrected chi connectivity index (χ3v) is 3.11. The fraction of sp³-hybridized carbons (Fsp3) is 0.533. The van der Waals surface area contributed by atoms with Crippen molar-refractivity contribution in [3.8, 4) is 0 Å². The van der Waals surface area contributed by atoms with Gasteiger partial charge >= 0.3 is 5.97 Å². The van der Waals surface area contributed by atoms with Crippen LogP contribution < -0.4 is 5.73 Å². The molecular weight excluding hydrogens is 256 g/mol. The summed E-state index contributed by atoms with van der Waals surface area (Å²) in [5, 5.41) is 9.47. The molecular formula is C15H24N2O3. The molecule has 20 heavy (non-hydrogen) atoms. The molecule has 0 saturated carbocycles. The summed E-state index contributed by atoms with van der Waals surface area (Å²) >= 11 is 0. The first-order valence-corrected chi connectivity index (χ1v) is 6.74. The van der Waals surface area contributed by atoms with Crippen LogP contribution in [0.25, 0.3) is 0 Å². The summed E-state index contributed by atoms with van der Waals surface area (Å²) in [6, 6.07) is 8.91. The summed E-state index contributed by atoms with van der Waals surface area (Å²) in [6.07, 6.45) is 0.166. The molecule has 0 aliphatic carbocycles. The molecule has 1 aromatic rings. The Labute approximate surface area is 120 Å². The topological polar surface area (TPSA) is 75.8 Å². The molecule has 0 spiro atoms. The minimum absolute atomic E-state index is 0.166. The quantitative estimate of drug-likeness (QED) is 0.750. The maximum atomic E-state index is 11.6. The highest BCUT2D eigenvalue weighted by molar-refractivity contribution is 5.80. The van der Waals surface area contributed by atoms with Gasteiger partial charge < -0.3 is 20.5 Å². The van der Waals surface area contributed by atoms with Crippen molar-refractivity contribution in [2.45, 2.75) is 25.5 Å². The normalized spacial score (nSPS) is 14.5. The number of nitrogens with two attached hydrogens (primary N) is 1. The zero-order valence-electron chi connectivity index (χ0n) is 12.4. The van der Waals surface area contributed by atoms with Crippen LogP contribution in [-0.2, 0) is 15.1 Å². The van der Waals surface area contributed by atoms with Crippen molar-refractivity contribution in [1.82, 2.24) is 4.90 Å². The van der Waals surface area contributed by atoms with Gasteiger partial charge in [-0.2, -0.15) is 0 Å². The third-order valence-electron chi connectivity index (χ3n) is 3.11. The first-order chi connectivity index (χ1) is 9.36. The van der Waals surface area contributed by atoms with Gasteiger partial charge in [-0.05, 0) is 26.5 Å². The predicted molar refractivity (Wildman–Crippen MR) is 78.5 cm³/mol.